The van der Waals surface area contributed by atoms with Crippen molar-refractivity contribution >= 4 is 11.8 Å². The molecule has 25 heavy (non-hydrogen) atoms. The smallest absolute Gasteiger partial charge is 0.242 e. The van der Waals surface area contributed by atoms with Crippen molar-refractivity contribution < 1.29 is 9.59 Å². The summed E-state index contributed by atoms with van der Waals surface area (Å²) >= 11 is 0. The SMILES string of the molecule is CCC(C(=O)NC)N(Cc1ccccc1)C(=O)CCc1ccccc1. The highest BCUT2D eigenvalue weighted by Crippen LogP contribution is 2.15. The van der Waals surface area contributed by atoms with Crippen molar-refractivity contribution in [3.8, 4) is 0 Å². The van der Waals surface area contributed by atoms with Crippen LogP contribution in [0.25, 0.3) is 0 Å². The molecule has 0 bridgehead atoms. The van der Waals surface area contributed by atoms with Gasteiger partial charge in [-0.15, -0.1) is 0 Å². The number of carbonyl (C=O) groups excluding carboxylic acids is 2. The van der Waals surface area contributed by atoms with Gasteiger partial charge in [-0.05, 0) is 24.0 Å². The minimum absolute atomic E-state index is 0.00292. The number of carbonyl (C=O) groups is 2. The fraction of sp³-hybridized carbons (Fsp3) is 0.333. The summed E-state index contributed by atoms with van der Waals surface area (Å²) in [4.78, 5) is 26.8. The first-order valence-corrected chi connectivity index (χ1v) is 8.74. The molecule has 1 N–H and O–H groups in total. The third kappa shape index (κ3) is 5.45. The minimum Gasteiger partial charge on any atom is -0.357 e. The van der Waals surface area contributed by atoms with E-state index in [1.165, 1.54) is 0 Å². The second kappa shape index (κ2) is 9.62. The summed E-state index contributed by atoms with van der Waals surface area (Å²) in [6.45, 7) is 2.38. The predicted molar refractivity (Wildman–Crippen MR) is 99.9 cm³/mol. The minimum atomic E-state index is -0.450. The van der Waals surface area contributed by atoms with E-state index < -0.39 is 6.04 Å². The number of likely N-dealkylation sites (N-methyl/N-ethyl adjacent to an activating group) is 1. The maximum absolute atomic E-state index is 12.9. The molecule has 0 aliphatic rings. The molecule has 2 aromatic rings. The summed E-state index contributed by atoms with van der Waals surface area (Å²) < 4.78 is 0. The summed E-state index contributed by atoms with van der Waals surface area (Å²) in [6.07, 6.45) is 1.66. The van der Waals surface area contributed by atoms with Crippen LogP contribution in [-0.4, -0.2) is 29.8 Å². The van der Waals surface area contributed by atoms with Gasteiger partial charge in [0.1, 0.15) is 6.04 Å². The molecule has 4 nitrogen and oxygen atoms in total. The molecule has 0 aliphatic carbocycles. The van der Waals surface area contributed by atoms with Crippen LogP contribution in [-0.2, 0) is 22.6 Å². The van der Waals surface area contributed by atoms with E-state index in [9.17, 15) is 9.59 Å². The van der Waals surface area contributed by atoms with Gasteiger partial charge < -0.3 is 10.2 Å². The number of amides is 2. The zero-order chi connectivity index (χ0) is 18.1. The Bertz CT molecular complexity index is 671. The molecule has 0 spiro atoms. The van der Waals surface area contributed by atoms with Crippen molar-refractivity contribution in [1.29, 1.82) is 0 Å². The Morgan fingerprint density at radius 1 is 0.960 bits per heavy atom. The summed E-state index contributed by atoms with van der Waals surface area (Å²) in [5, 5.41) is 2.68. The van der Waals surface area contributed by atoms with Crippen molar-refractivity contribution in [3.05, 3.63) is 71.8 Å². The van der Waals surface area contributed by atoms with Crippen LogP contribution in [0.5, 0.6) is 0 Å². The van der Waals surface area contributed by atoms with E-state index in [1.807, 2.05) is 67.6 Å². The highest BCUT2D eigenvalue weighted by atomic mass is 16.2. The van der Waals surface area contributed by atoms with Gasteiger partial charge in [0, 0.05) is 20.0 Å². The van der Waals surface area contributed by atoms with Crippen LogP contribution < -0.4 is 5.32 Å². The molecule has 0 aromatic heterocycles. The third-order valence-electron chi connectivity index (χ3n) is 4.30. The summed E-state index contributed by atoms with van der Waals surface area (Å²) in [6, 6.07) is 19.3. The topological polar surface area (TPSA) is 49.4 Å². The van der Waals surface area contributed by atoms with Crippen LogP contribution in [0.3, 0.4) is 0 Å². The van der Waals surface area contributed by atoms with Crippen LogP contribution in [0.15, 0.2) is 60.7 Å². The Balaban J connectivity index is 2.14. The van der Waals surface area contributed by atoms with Crippen LogP contribution >= 0.6 is 0 Å². The monoisotopic (exact) mass is 338 g/mol. The van der Waals surface area contributed by atoms with E-state index in [-0.39, 0.29) is 11.8 Å². The van der Waals surface area contributed by atoms with Crippen molar-refractivity contribution in [1.82, 2.24) is 10.2 Å². The lowest BCUT2D eigenvalue weighted by Gasteiger charge is -2.30. The lowest BCUT2D eigenvalue weighted by Crippen LogP contribution is -2.48. The Morgan fingerprint density at radius 2 is 1.52 bits per heavy atom. The molecule has 132 valence electrons. The van der Waals surface area contributed by atoms with Gasteiger partial charge in [-0.25, -0.2) is 0 Å². The van der Waals surface area contributed by atoms with Gasteiger partial charge in [0.25, 0.3) is 0 Å². The number of hydrogen-bond donors (Lipinski definition) is 1. The van der Waals surface area contributed by atoms with Gasteiger partial charge in [0.15, 0.2) is 0 Å². The lowest BCUT2D eigenvalue weighted by molar-refractivity contribution is -0.141. The molecule has 0 heterocycles. The Morgan fingerprint density at radius 3 is 2.04 bits per heavy atom. The van der Waals surface area contributed by atoms with Crippen LogP contribution in [0, 0.1) is 0 Å². The molecule has 0 radical (unpaired) electrons. The van der Waals surface area contributed by atoms with Crippen molar-refractivity contribution in [2.24, 2.45) is 0 Å². The lowest BCUT2D eigenvalue weighted by atomic mass is 10.1. The molecule has 1 unspecified atom stereocenters. The number of nitrogens with one attached hydrogen (secondary N) is 1. The second-order valence-electron chi connectivity index (χ2n) is 6.03. The van der Waals surface area contributed by atoms with E-state index >= 15 is 0 Å². The maximum Gasteiger partial charge on any atom is 0.242 e. The van der Waals surface area contributed by atoms with E-state index in [4.69, 9.17) is 0 Å². The van der Waals surface area contributed by atoms with Gasteiger partial charge in [-0.1, -0.05) is 67.6 Å². The van der Waals surface area contributed by atoms with E-state index in [0.29, 0.717) is 25.8 Å². The van der Waals surface area contributed by atoms with Gasteiger partial charge in [-0.3, -0.25) is 9.59 Å². The van der Waals surface area contributed by atoms with E-state index in [2.05, 4.69) is 5.32 Å². The molecule has 0 saturated carbocycles. The zero-order valence-electron chi connectivity index (χ0n) is 14.9. The largest absolute Gasteiger partial charge is 0.357 e. The zero-order valence-corrected chi connectivity index (χ0v) is 14.9. The second-order valence-corrected chi connectivity index (χ2v) is 6.03. The number of benzene rings is 2. The van der Waals surface area contributed by atoms with Crippen molar-refractivity contribution in [3.63, 3.8) is 0 Å². The first-order valence-electron chi connectivity index (χ1n) is 8.74. The molecule has 2 rings (SSSR count). The fourth-order valence-corrected chi connectivity index (χ4v) is 2.91. The highest BCUT2D eigenvalue weighted by molar-refractivity contribution is 5.87. The van der Waals surface area contributed by atoms with Crippen LogP contribution in [0.4, 0.5) is 0 Å². The molecular formula is C21H26N2O2. The Kier molecular flexibility index (Phi) is 7.20. The van der Waals surface area contributed by atoms with Crippen LogP contribution in [0.2, 0.25) is 0 Å². The molecule has 2 amide bonds. The van der Waals surface area contributed by atoms with E-state index in [1.54, 1.807) is 11.9 Å². The number of nitrogens with zero attached hydrogens (tertiary/aromatic N) is 1. The number of hydrogen-bond acceptors (Lipinski definition) is 2. The predicted octanol–water partition coefficient (Wildman–Crippen LogP) is 3.17. The standard InChI is InChI=1S/C21H26N2O2/c1-3-19(21(25)22-2)23(16-18-12-8-5-9-13-18)20(24)15-14-17-10-6-4-7-11-17/h4-13,19H,3,14-16H2,1-2H3,(H,22,25). The number of rotatable bonds is 8. The van der Waals surface area contributed by atoms with Gasteiger partial charge in [-0.2, -0.15) is 0 Å². The normalized spacial score (nSPS) is 11.6. The Labute approximate surface area is 149 Å². The van der Waals surface area contributed by atoms with Gasteiger partial charge >= 0.3 is 0 Å². The molecule has 0 saturated heterocycles. The quantitative estimate of drug-likeness (QED) is 0.804. The molecule has 4 heteroatoms. The van der Waals surface area contributed by atoms with Gasteiger partial charge in [0.05, 0.1) is 0 Å². The third-order valence-corrected chi connectivity index (χ3v) is 4.30. The molecular weight excluding hydrogens is 312 g/mol. The molecule has 2 aromatic carbocycles. The fourth-order valence-electron chi connectivity index (χ4n) is 2.91. The number of aryl methyl sites for hydroxylation is 1. The maximum atomic E-state index is 12.9. The van der Waals surface area contributed by atoms with Crippen LogP contribution in [0.1, 0.15) is 30.9 Å². The highest BCUT2D eigenvalue weighted by Gasteiger charge is 2.27. The average molecular weight is 338 g/mol. The first-order chi connectivity index (χ1) is 12.2. The van der Waals surface area contributed by atoms with Crippen molar-refractivity contribution in [2.45, 2.75) is 38.8 Å². The van der Waals surface area contributed by atoms with E-state index in [0.717, 1.165) is 11.1 Å². The molecule has 0 aliphatic heterocycles. The average Bonchev–Trinajstić information content (AvgIpc) is 2.67. The van der Waals surface area contributed by atoms with Crippen molar-refractivity contribution in [2.75, 3.05) is 7.05 Å². The Hall–Kier alpha value is -2.62. The molecule has 0 fully saturated rings. The first kappa shape index (κ1) is 18.7. The molecule has 1 atom stereocenters. The summed E-state index contributed by atoms with van der Waals surface area (Å²) in [7, 11) is 1.61. The van der Waals surface area contributed by atoms with Gasteiger partial charge in [0.2, 0.25) is 11.8 Å². The summed E-state index contributed by atoms with van der Waals surface area (Å²) in [5.74, 6) is -0.116. The summed E-state index contributed by atoms with van der Waals surface area (Å²) in [5.41, 5.74) is 2.15.